The summed E-state index contributed by atoms with van der Waals surface area (Å²) in [7, 11) is 0. The van der Waals surface area contributed by atoms with E-state index in [1.165, 1.54) is 30.0 Å². The van der Waals surface area contributed by atoms with Crippen molar-refractivity contribution in [3.05, 3.63) is 34.5 Å². The van der Waals surface area contributed by atoms with E-state index in [1.54, 1.807) is 11.0 Å². The van der Waals surface area contributed by atoms with E-state index in [-0.39, 0.29) is 11.7 Å². The first-order valence-corrected chi connectivity index (χ1v) is 12.1. The third-order valence-corrected chi connectivity index (χ3v) is 7.24. The van der Waals surface area contributed by atoms with Gasteiger partial charge in [-0.25, -0.2) is 9.18 Å². The van der Waals surface area contributed by atoms with Crippen LogP contribution in [0.1, 0.15) is 38.7 Å². The molecule has 32 heavy (non-hydrogen) atoms. The molecule has 1 aromatic carbocycles. The second-order valence-corrected chi connectivity index (χ2v) is 9.17. The van der Waals surface area contributed by atoms with Crippen LogP contribution in [0.5, 0.6) is 5.75 Å². The first-order chi connectivity index (χ1) is 15.5. The molecule has 2 amide bonds. The highest BCUT2D eigenvalue weighted by Gasteiger charge is 2.33. The number of hydrogen-bond acceptors (Lipinski definition) is 6. The molecule has 0 radical (unpaired) electrons. The number of hydrogen-bond donors (Lipinski definition) is 0. The molecule has 0 N–H and O–H groups in total. The molecular formula is C23H29FN4O3S. The Balaban J connectivity index is 1.47. The summed E-state index contributed by atoms with van der Waals surface area (Å²) in [4.78, 5) is 35.8. The van der Waals surface area contributed by atoms with Gasteiger partial charge in [-0.3, -0.25) is 9.69 Å². The second kappa shape index (κ2) is 10.0. The van der Waals surface area contributed by atoms with Gasteiger partial charge in [-0.05, 0) is 68.4 Å². The lowest BCUT2D eigenvalue weighted by Crippen LogP contribution is -2.38. The van der Waals surface area contributed by atoms with Crippen molar-refractivity contribution in [1.29, 1.82) is 0 Å². The van der Waals surface area contributed by atoms with E-state index in [4.69, 9.17) is 4.74 Å². The van der Waals surface area contributed by atoms with E-state index >= 15 is 0 Å². The zero-order valence-electron chi connectivity index (χ0n) is 18.6. The van der Waals surface area contributed by atoms with Gasteiger partial charge >= 0.3 is 6.09 Å². The van der Waals surface area contributed by atoms with Crippen LogP contribution in [0.3, 0.4) is 0 Å². The smallest absolute Gasteiger partial charge is 0.410 e. The van der Waals surface area contributed by atoms with Gasteiger partial charge in [0.2, 0.25) is 0 Å². The van der Waals surface area contributed by atoms with E-state index < -0.39 is 11.9 Å². The van der Waals surface area contributed by atoms with Gasteiger partial charge in [0.25, 0.3) is 5.91 Å². The minimum atomic E-state index is -0.462. The average Bonchev–Trinajstić information content (AvgIpc) is 3.53. The number of ether oxygens (including phenoxy) is 1. The number of amides is 2. The second-order valence-electron chi connectivity index (χ2n) is 8.16. The van der Waals surface area contributed by atoms with Crippen molar-refractivity contribution in [2.45, 2.75) is 39.2 Å². The van der Waals surface area contributed by atoms with E-state index in [9.17, 15) is 14.0 Å². The fraction of sp³-hybridized carbons (Fsp3) is 0.522. The fourth-order valence-corrected chi connectivity index (χ4v) is 5.35. The number of aliphatic imine (C=N–C) groups is 1. The summed E-state index contributed by atoms with van der Waals surface area (Å²) in [6.07, 6.45) is 4.06. The minimum absolute atomic E-state index is 0.236. The maximum absolute atomic E-state index is 14.0. The Hall–Kier alpha value is -2.39. The van der Waals surface area contributed by atoms with Gasteiger partial charge in [-0.1, -0.05) is 13.8 Å². The van der Waals surface area contributed by atoms with Gasteiger partial charge in [-0.15, -0.1) is 0 Å². The van der Waals surface area contributed by atoms with Crippen LogP contribution in [0.15, 0.2) is 28.1 Å². The maximum atomic E-state index is 14.0. The quantitative estimate of drug-likeness (QED) is 0.623. The van der Waals surface area contributed by atoms with Gasteiger partial charge in [0.05, 0.1) is 4.91 Å². The molecule has 2 fully saturated rings. The van der Waals surface area contributed by atoms with Gasteiger partial charge in [0.15, 0.2) is 5.17 Å². The lowest BCUT2D eigenvalue weighted by molar-refractivity contribution is -0.113. The number of benzene rings is 1. The van der Waals surface area contributed by atoms with Crippen LogP contribution in [0.25, 0.3) is 6.08 Å². The van der Waals surface area contributed by atoms with Crippen molar-refractivity contribution in [3.63, 3.8) is 0 Å². The molecule has 7 nitrogen and oxygen atoms in total. The van der Waals surface area contributed by atoms with Gasteiger partial charge in [-0.2, -0.15) is 4.99 Å². The zero-order chi connectivity index (χ0) is 22.7. The minimum Gasteiger partial charge on any atom is -0.410 e. The number of nitrogens with zero attached hydrogens (tertiary/aromatic N) is 4. The number of carbonyl (C=O) groups excluding carboxylic acids is 2. The van der Waals surface area contributed by atoms with Crippen molar-refractivity contribution in [3.8, 4) is 5.75 Å². The van der Waals surface area contributed by atoms with Gasteiger partial charge < -0.3 is 14.5 Å². The van der Waals surface area contributed by atoms with Crippen LogP contribution in [-0.2, 0) is 4.79 Å². The molecule has 9 heteroatoms. The lowest BCUT2D eigenvalue weighted by Gasteiger charge is -2.26. The Morgan fingerprint density at radius 3 is 2.75 bits per heavy atom. The largest absolute Gasteiger partial charge is 0.415 e. The van der Waals surface area contributed by atoms with E-state index in [0.717, 1.165) is 45.4 Å². The Morgan fingerprint density at radius 2 is 2.03 bits per heavy atom. The summed E-state index contributed by atoms with van der Waals surface area (Å²) in [5.74, 6) is -0.575. The predicted octanol–water partition coefficient (Wildman–Crippen LogP) is 3.81. The molecule has 3 heterocycles. The van der Waals surface area contributed by atoms with Crippen molar-refractivity contribution in [2.24, 2.45) is 4.99 Å². The first kappa shape index (κ1) is 22.8. The highest BCUT2D eigenvalue weighted by Crippen LogP contribution is 2.34. The third-order valence-electron chi connectivity index (χ3n) is 6.19. The molecule has 0 aliphatic carbocycles. The van der Waals surface area contributed by atoms with E-state index in [2.05, 4.69) is 28.6 Å². The summed E-state index contributed by atoms with van der Waals surface area (Å²) in [6.45, 7) is 9.32. The molecule has 0 bridgehead atoms. The summed E-state index contributed by atoms with van der Waals surface area (Å²) >= 11 is 1.29. The van der Waals surface area contributed by atoms with Gasteiger partial charge in [0.1, 0.15) is 11.6 Å². The molecule has 4 rings (SSSR count). The topological polar surface area (TPSA) is 65.5 Å². The molecule has 2 saturated heterocycles. The summed E-state index contributed by atoms with van der Waals surface area (Å²) in [5, 5.41) is 0.683. The highest BCUT2D eigenvalue weighted by molar-refractivity contribution is 8.18. The molecule has 1 unspecified atom stereocenters. The van der Waals surface area contributed by atoms with Crippen molar-refractivity contribution in [1.82, 2.24) is 14.7 Å². The van der Waals surface area contributed by atoms with Crippen LogP contribution in [0, 0.1) is 5.82 Å². The fourth-order valence-electron chi connectivity index (χ4n) is 4.41. The molecular weight excluding hydrogens is 431 g/mol. The summed E-state index contributed by atoms with van der Waals surface area (Å²) in [5.41, 5.74) is 0.354. The van der Waals surface area contributed by atoms with Crippen LogP contribution in [-0.4, -0.2) is 77.2 Å². The number of halogens is 1. The van der Waals surface area contributed by atoms with E-state index in [0.29, 0.717) is 34.8 Å². The third kappa shape index (κ3) is 4.99. The van der Waals surface area contributed by atoms with Gasteiger partial charge in [0, 0.05) is 37.8 Å². The summed E-state index contributed by atoms with van der Waals surface area (Å²) in [6, 6.07) is 4.41. The normalized spacial score (nSPS) is 22.4. The lowest BCUT2D eigenvalue weighted by atomic mass is 10.2. The van der Waals surface area contributed by atoms with Crippen LogP contribution in [0.4, 0.5) is 9.18 Å². The molecule has 0 spiro atoms. The molecule has 1 aromatic rings. The van der Waals surface area contributed by atoms with Crippen molar-refractivity contribution < 1.29 is 18.7 Å². The van der Waals surface area contributed by atoms with Crippen molar-refractivity contribution >= 4 is 35.0 Å². The number of thioether (sulfide) groups is 1. The van der Waals surface area contributed by atoms with Crippen LogP contribution in [0.2, 0.25) is 0 Å². The monoisotopic (exact) mass is 460 g/mol. The summed E-state index contributed by atoms with van der Waals surface area (Å²) < 4.78 is 19.5. The molecule has 1 atom stereocenters. The first-order valence-electron chi connectivity index (χ1n) is 11.3. The maximum Gasteiger partial charge on any atom is 0.415 e. The molecule has 3 aliphatic heterocycles. The predicted molar refractivity (Wildman–Crippen MR) is 124 cm³/mol. The molecule has 3 aliphatic rings. The van der Waals surface area contributed by atoms with E-state index in [1.807, 2.05) is 0 Å². The number of likely N-dealkylation sites (N-methyl/N-ethyl adjacent to an activating group) is 1. The number of carbonyl (C=O) groups is 2. The average molecular weight is 461 g/mol. The number of likely N-dealkylation sites (tertiary alicyclic amines) is 2. The molecule has 0 saturated carbocycles. The Morgan fingerprint density at radius 1 is 1.28 bits per heavy atom. The molecule has 0 aromatic heterocycles. The molecule has 172 valence electrons. The van der Waals surface area contributed by atoms with Crippen LogP contribution < -0.4 is 4.74 Å². The standard InChI is InChI=1S/C23H29FN4O3S/c1-3-26(4-2)18-9-12-28(15-18)22-25-21(29)20(32-22)14-16-13-17(24)7-8-19(16)31-23(30)27-10-5-6-11-27/h7-8,13-14,18H,3-6,9-12,15H2,1-2H3/b20-14-. The Bertz CT molecular complexity index is 941. The van der Waals surface area contributed by atoms with Crippen LogP contribution >= 0.6 is 11.8 Å². The highest BCUT2D eigenvalue weighted by atomic mass is 32.2. The zero-order valence-corrected chi connectivity index (χ0v) is 19.4. The Kier molecular flexibility index (Phi) is 7.15. The number of rotatable bonds is 5. The Labute approximate surface area is 192 Å². The van der Waals surface area contributed by atoms with Crippen molar-refractivity contribution in [2.75, 3.05) is 39.3 Å². The number of amidine groups is 1. The SMILES string of the molecule is CCN(CC)C1CCN(C2=NC(=O)/C(=C/c3cc(F)ccc3OC(=O)N3CCCC3)S2)C1.